The number of carbonyl (C=O) groups excluding carboxylic acids is 1. The summed E-state index contributed by atoms with van der Waals surface area (Å²) < 4.78 is 1.46. The van der Waals surface area contributed by atoms with Gasteiger partial charge in [0.1, 0.15) is 5.54 Å². The lowest BCUT2D eigenvalue weighted by Gasteiger charge is -2.36. The summed E-state index contributed by atoms with van der Waals surface area (Å²) in [6.45, 7) is 2.94. The van der Waals surface area contributed by atoms with E-state index in [4.69, 9.17) is 5.73 Å². The Bertz CT molecular complexity index is 520. The minimum Gasteiger partial charge on any atom is -0.480 e. The van der Waals surface area contributed by atoms with Gasteiger partial charge in [-0.25, -0.2) is 4.79 Å². The van der Waals surface area contributed by atoms with Gasteiger partial charge in [0.2, 0.25) is 0 Å². The van der Waals surface area contributed by atoms with Crippen LogP contribution in [0, 0.1) is 5.92 Å². The smallest absolute Gasteiger partial charge is 0.329 e. The van der Waals surface area contributed by atoms with E-state index in [2.05, 4.69) is 22.6 Å². The summed E-state index contributed by atoms with van der Waals surface area (Å²) in [4.78, 5) is 23.8. The molecule has 0 aliphatic heterocycles. The molecule has 0 atom stereocenters. The molecule has 1 heterocycles. The monoisotopic (exact) mass is 295 g/mol. The van der Waals surface area contributed by atoms with Crippen molar-refractivity contribution < 1.29 is 14.7 Å². The number of nitrogens with two attached hydrogens (primary N) is 1. The van der Waals surface area contributed by atoms with E-state index in [9.17, 15) is 14.7 Å². The van der Waals surface area contributed by atoms with Crippen molar-refractivity contribution in [3.8, 4) is 0 Å². The van der Waals surface area contributed by atoms with Crippen molar-refractivity contribution in [3.63, 3.8) is 0 Å². The number of carboxylic acid groups (broad SMARTS) is 1. The molecule has 2 rings (SSSR count). The molecule has 0 saturated heterocycles. The van der Waals surface area contributed by atoms with E-state index < -0.39 is 17.4 Å². The maximum Gasteiger partial charge on any atom is 0.329 e. The summed E-state index contributed by atoms with van der Waals surface area (Å²) >= 11 is 0. The van der Waals surface area contributed by atoms with E-state index in [1.54, 1.807) is 0 Å². The first-order chi connectivity index (χ1) is 9.97. The normalized spacial score (nSPS) is 25.5. The summed E-state index contributed by atoms with van der Waals surface area (Å²) in [6, 6.07) is 0. The van der Waals surface area contributed by atoms with Gasteiger partial charge in [0, 0.05) is 6.54 Å². The van der Waals surface area contributed by atoms with Crippen LogP contribution < -0.4 is 11.1 Å². The highest BCUT2D eigenvalue weighted by Gasteiger charge is 2.42. The lowest BCUT2D eigenvalue weighted by Crippen LogP contribution is -2.56. The van der Waals surface area contributed by atoms with Crippen LogP contribution in [0.4, 0.5) is 0 Å². The van der Waals surface area contributed by atoms with Gasteiger partial charge in [-0.1, -0.05) is 12.1 Å². The quantitative estimate of drug-likeness (QED) is 0.702. The second-order valence-corrected chi connectivity index (χ2v) is 5.68. The first-order valence-electron chi connectivity index (χ1n) is 7.13. The number of aliphatic carboxylic acids is 1. The second kappa shape index (κ2) is 6.21. The van der Waals surface area contributed by atoms with E-state index in [0.29, 0.717) is 31.8 Å². The van der Waals surface area contributed by atoms with Gasteiger partial charge in [-0.15, -0.1) is 5.10 Å². The van der Waals surface area contributed by atoms with Crippen LogP contribution in [0.2, 0.25) is 0 Å². The molecule has 0 aromatic carbocycles. The minimum absolute atomic E-state index is 0.114. The van der Waals surface area contributed by atoms with Gasteiger partial charge in [0.15, 0.2) is 5.69 Å². The molecule has 0 bridgehead atoms. The van der Waals surface area contributed by atoms with Gasteiger partial charge in [-0.2, -0.15) is 0 Å². The Balaban J connectivity index is 2.09. The fraction of sp³-hybridized carbons (Fsp3) is 0.692. The van der Waals surface area contributed by atoms with Crippen molar-refractivity contribution in [3.05, 3.63) is 11.9 Å². The molecule has 1 amide bonds. The lowest BCUT2D eigenvalue weighted by atomic mass is 9.77. The number of rotatable bonds is 5. The third-order valence-corrected chi connectivity index (χ3v) is 4.02. The molecule has 4 N–H and O–H groups in total. The van der Waals surface area contributed by atoms with E-state index in [1.165, 1.54) is 10.9 Å². The number of aromatic nitrogens is 3. The van der Waals surface area contributed by atoms with E-state index in [0.717, 1.165) is 12.8 Å². The summed E-state index contributed by atoms with van der Waals surface area (Å²) in [5, 5.41) is 19.7. The first kappa shape index (κ1) is 15.4. The van der Waals surface area contributed by atoms with Crippen molar-refractivity contribution in [2.45, 2.75) is 44.7 Å². The van der Waals surface area contributed by atoms with Gasteiger partial charge < -0.3 is 16.2 Å². The van der Waals surface area contributed by atoms with Crippen molar-refractivity contribution in [1.29, 1.82) is 0 Å². The molecule has 1 aliphatic rings. The number of nitrogens with one attached hydrogen (secondary N) is 1. The van der Waals surface area contributed by atoms with Crippen molar-refractivity contribution >= 4 is 11.9 Å². The van der Waals surface area contributed by atoms with E-state index in [-0.39, 0.29) is 5.69 Å². The second-order valence-electron chi connectivity index (χ2n) is 5.68. The molecule has 0 radical (unpaired) electrons. The van der Waals surface area contributed by atoms with Crippen LogP contribution in [-0.4, -0.2) is 44.1 Å². The van der Waals surface area contributed by atoms with Crippen molar-refractivity contribution in [2.24, 2.45) is 11.7 Å². The van der Waals surface area contributed by atoms with Crippen LogP contribution in [0.1, 0.15) is 43.1 Å². The Labute approximate surface area is 122 Å². The number of hydrogen-bond acceptors (Lipinski definition) is 5. The van der Waals surface area contributed by atoms with Crippen LogP contribution in [0.25, 0.3) is 0 Å². The molecule has 116 valence electrons. The van der Waals surface area contributed by atoms with Crippen LogP contribution in [0.3, 0.4) is 0 Å². The molecular formula is C13H21N5O3. The third-order valence-electron chi connectivity index (χ3n) is 4.02. The summed E-state index contributed by atoms with van der Waals surface area (Å²) in [6.07, 6.45) is 3.92. The molecule has 8 heteroatoms. The molecule has 1 aliphatic carbocycles. The topological polar surface area (TPSA) is 123 Å². The Kier molecular flexibility index (Phi) is 4.56. The maximum atomic E-state index is 12.2. The molecule has 1 aromatic heterocycles. The Hall–Kier alpha value is -1.96. The zero-order chi connectivity index (χ0) is 15.5. The van der Waals surface area contributed by atoms with Crippen LogP contribution in [0.15, 0.2) is 6.20 Å². The van der Waals surface area contributed by atoms with Gasteiger partial charge in [-0.05, 0) is 31.6 Å². The molecule has 8 nitrogen and oxygen atoms in total. The number of nitrogens with zero attached hydrogens (tertiary/aromatic N) is 3. The Morgan fingerprint density at radius 2 is 2.19 bits per heavy atom. The molecule has 1 saturated carbocycles. The van der Waals surface area contributed by atoms with Gasteiger partial charge >= 0.3 is 5.97 Å². The van der Waals surface area contributed by atoms with Crippen molar-refractivity contribution in [1.82, 2.24) is 20.3 Å². The Morgan fingerprint density at radius 3 is 2.76 bits per heavy atom. The zero-order valence-corrected chi connectivity index (χ0v) is 12.1. The van der Waals surface area contributed by atoms with Crippen LogP contribution >= 0.6 is 0 Å². The average Bonchev–Trinajstić information content (AvgIpc) is 2.90. The van der Waals surface area contributed by atoms with E-state index >= 15 is 0 Å². The number of carbonyl (C=O) groups is 2. The number of hydrogen-bond donors (Lipinski definition) is 3. The molecular weight excluding hydrogens is 274 g/mol. The van der Waals surface area contributed by atoms with Crippen LogP contribution in [0.5, 0.6) is 0 Å². The fourth-order valence-corrected chi connectivity index (χ4v) is 2.57. The number of carboxylic acids is 1. The molecule has 0 unspecified atom stereocenters. The zero-order valence-electron chi connectivity index (χ0n) is 12.1. The molecule has 1 fully saturated rings. The highest BCUT2D eigenvalue weighted by molar-refractivity contribution is 5.96. The predicted molar refractivity (Wildman–Crippen MR) is 74.5 cm³/mol. The molecule has 1 aromatic rings. The standard InChI is InChI=1S/C13H21N5O3/c1-9-2-4-13(5-3-9,12(20)21)15-11(19)10-8-18(7-6-14)17-16-10/h8-9H,2-7,14H2,1H3,(H,15,19)(H,20,21). The van der Waals surface area contributed by atoms with E-state index in [1.807, 2.05) is 0 Å². The van der Waals surface area contributed by atoms with Gasteiger partial charge in [0.05, 0.1) is 12.7 Å². The average molecular weight is 295 g/mol. The maximum absolute atomic E-state index is 12.2. The number of amides is 1. The summed E-state index contributed by atoms with van der Waals surface area (Å²) in [5.74, 6) is -1.01. The fourth-order valence-electron chi connectivity index (χ4n) is 2.57. The van der Waals surface area contributed by atoms with Crippen molar-refractivity contribution in [2.75, 3.05) is 6.54 Å². The largest absolute Gasteiger partial charge is 0.480 e. The minimum atomic E-state index is -1.19. The van der Waals surface area contributed by atoms with Gasteiger partial charge in [0.25, 0.3) is 5.91 Å². The van der Waals surface area contributed by atoms with Crippen LogP contribution in [-0.2, 0) is 11.3 Å². The van der Waals surface area contributed by atoms with Gasteiger partial charge in [-0.3, -0.25) is 9.48 Å². The predicted octanol–water partition coefficient (Wildman–Crippen LogP) is 0.000100. The summed E-state index contributed by atoms with van der Waals surface area (Å²) in [7, 11) is 0. The SMILES string of the molecule is CC1CCC(NC(=O)c2cn(CCN)nn2)(C(=O)O)CC1. The molecule has 21 heavy (non-hydrogen) atoms. The highest BCUT2D eigenvalue weighted by atomic mass is 16.4. The highest BCUT2D eigenvalue weighted by Crippen LogP contribution is 2.32. The Morgan fingerprint density at radius 1 is 1.52 bits per heavy atom. The molecule has 0 spiro atoms. The third kappa shape index (κ3) is 3.38. The lowest BCUT2D eigenvalue weighted by molar-refractivity contribution is -0.146. The summed E-state index contributed by atoms with van der Waals surface area (Å²) in [5.41, 5.74) is 4.32. The first-order valence-corrected chi connectivity index (χ1v) is 7.13.